The summed E-state index contributed by atoms with van der Waals surface area (Å²) >= 11 is 4.89. The van der Waals surface area contributed by atoms with Crippen LogP contribution in [0.3, 0.4) is 0 Å². The van der Waals surface area contributed by atoms with Crippen molar-refractivity contribution in [2.24, 2.45) is 0 Å². The van der Waals surface area contributed by atoms with Crippen LogP contribution in [0.2, 0.25) is 0 Å². The van der Waals surface area contributed by atoms with E-state index in [9.17, 15) is 0 Å². The van der Waals surface area contributed by atoms with Gasteiger partial charge in [-0.15, -0.1) is 0 Å². The van der Waals surface area contributed by atoms with Gasteiger partial charge >= 0.3 is 213 Å². The molecule has 4 aromatic heterocycles. The first-order valence-corrected chi connectivity index (χ1v) is 16.4. The molecule has 1 aromatic carbocycles. The number of benzene rings is 1. The molecule has 0 N–H and O–H groups in total. The summed E-state index contributed by atoms with van der Waals surface area (Å²) in [6.45, 7) is 16.3. The van der Waals surface area contributed by atoms with Gasteiger partial charge in [-0.2, -0.15) is 0 Å². The van der Waals surface area contributed by atoms with Gasteiger partial charge in [-0.25, -0.2) is 0 Å². The van der Waals surface area contributed by atoms with Crippen LogP contribution < -0.4 is 0 Å². The fourth-order valence-electron chi connectivity index (χ4n) is 4.26. The van der Waals surface area contributed by atoms with Crippen molar-refractivity contribution in [3.63, 3.8) is 0 Å². The molecule has 0 nitrogen and oxygen atoms in total. The molecule has 0 saturated heterocycles. The standard InChI is InChI=1S/C28H30S2Se2/c1-8-17-9-10-21(31-17)25-19-14-20(15(2)3)30-27(19)24(18-13-16(4)29-26(18)25)22-11-12-23(32-22)28(5,6)7/h9-15H,8H2,1-7H3. The van der Waals surface area contributed by atoms with E-state index in [-0.39, 0.29) is 5.41 Å². The summed E-state index contributed by atoms with van der Waals surface area (Å²) in [6.07, 6.45) is 1.17. The number of aryl methyl sites for hydroxylation is 2. The van der Waals surface area contributed by atoms with Crippen molar-refractivity contribution in [2.45, 2.75) is 66.2 Å². The van der Waals surface area contributed by atoms with E-state index in [1.807, 2.05) is 22.7 Å². The molecule has 0 radical (unpaired) electrons. The molecule has 0 spiro atoms. The van der Waals surface area contributed by atoms with E-state index in [1.54, 1.807) is 17.7 Å². The van der Waals surface area contributed by atoms with Crippen LogP contribution in [0.5, 0.6) is 0 Å². The Kier molecular flexibility index (Phi) is 6.03. The van der Waals surface area contributed by atoms with Crippen molar-refractivity contribution < 1.29 is 0 Å². The Hall–Kier alpha value is -0.861. The molecule has 0 bridgehead atoms. The maximum absolute atomic E-state index is 2.53. The van der Waals surface area contributed by atoms with Crippen LogP contribution in [0.4, 0.5) is 0 Å². The maximum atomic E-state index is 2.53. The fraction of sp³-hybridized carbons (Fsp3) is 0.357. The number of fused-ring (bicyclic) bond motifs is 2. The zero-order chi connectivity index (χ0) is 22.8. The van der Waals surface area contributed by atoms with Crippen LogP contribution in [0.1, 0.15) is 66.1 Å². The minimum absolute atomic E-state index is 0.249. The molecule has 32 heavy (non-hydrogen) atoms. The number of hydrogen-bond acceptors (Lipinski definition) is 2. The number of thiophene rings is 2. The molecule has 0 atom stereocenters. The van der Waals surface area contributed by atoms with E-state index in [4.69, 9.17) is 0 Å². The van der Waals surface area contributed by atoms with Crippen LogP contribution in [0.15, 0.2) is 36.4 Å². The summed E-state index contributed by atoms with van der Waals surface area (Å²) in [5, 5.41) is 2.99. The Morgan fingerprint density at radius 1 is 0.844 bits per heavy atom. The summed E-state index contributed by atoms with van der Waals surface area (Å²) in [5.74, 6) is 0.562. The van der Waals surface area contributed by atoms with Crippen molar-refractivity contribution >= 4 is 71.9 Å². The second-order valence-electron chi connectivity index (χ2n) is 9.93. The molecule has 0 fully saturated rings. The predicted octanol–water partition coefficient (Wildman–Crippen LogP) is 8.86. The van der Waals surface area contributed by atoms with Crippen molar-refractivity contribution in [1.82, 2.24) is 0 Å². The van der Waals surface area contributed by atoms with Gasteiger partial charge in [0.15, 0.2) is 0 Å². The van der Waals surface area contributed by atoms with Crippen LogP contribution in [0, 0.1) is 6.92 Å². The second kappa shape index (κ2) is 8.42. The first-order valence-electron chi connectivity index (χ1n) is 11.4. The average Bonchev–Trinajstić information content (AvgIpc) is 3.49. The molecule has 0 amide bonds. The number of rotatable bonds is 4. The molecule has 166 valence electrons. The van der Waals surface area contributed by atoms with E-state index in [0.29, 0.717) is 34.9 Å². The Morgan fingerprint density at radius 2 is 1.47 bits per heavy atom. The zero-order valence-corrected chi connectivity index (χ0v) is 24.9. The van der Waals surface area contributed by atoms with E-state index >= 15 is 0 Å². The van der Waals surface area contributed by atoms with Gasteiger partial charge < -0.3 is 0 Å². The molecule has 4 heteroatoms. The van der Waals surface area contributed by atoms with Crippen LogP contribution in [0.25, 0.3) is 40.2 Å². The SMILES string of the molecule is CCc1ccc(-c2c3cc(C(C)C)sc3c(-c3ccc(C(C)(C)C)[se]3)c3cc(C)sc23)[se]1. The monoisotopic (exact) mass is 590 g/mol. The van der Waals surface area contributed by atoms with E-state index in [0.717, 1.165) is 0 Å². The van der Waals surface area contributed by atoms with Crippen LogP contribution in [-0.4, -0.2) is 29.0 Å². The third kappa shape index (κ3) is 3.88. The first kappa shape index (κ1) is 22.9. The van der Waals surface area contributed by atoms with Crippen molar-refractivity contribution in [3.8, 4) is 20.0 Å². The van der Waals surface area contributed by atoms with Crippen molar-refractivity contribution in [3.05, 3.63) is 55.0 Å². The van der Waals surface area contributed by atoms with E-state index < -0.39 is 0 Å². The summed E-state index contributed by atoms with van der Waals surface area (Å²) in [4.78, 5) is 2.94. The first-order chi connectivity index (χ1) is 15.2. The third-order valence-corrected chi connectivity index (χ3v) is 14.4. The Bertz CT molecular complexity index is 1430. The molecular weight excluding hydrogens is 558 g/mol. The molecule has 5 aromatic rings. The molecule has 4 heterocycles. The van der Waals surface area contributed by atoms with Gasteiger partial charge in [0.2, 0.25) is 0 Å². The normalized spacial score (nSPS) is 12.6. The predicted molar refractivity (Wildman–Crippen MR) is 149 cm³/mol. The van der Waals surface area contributed by atoms with Crippen LogP contribution in [-0.2, 0) is 11.8 Å². The Labute approximate surface area is 211 Å². The van der Waals surface area contributed by atoms with Gasteiger partial charge in [-0.3, -0.25) is 0 Å². The number of hydrogen-bond donors (Lipinski definition) is 0. The van der Waals surface area contributed by atoms with Crippen LogP contribution >= 0.6 is 22.7 Å². The minimum atomic E-state index is 0.249. The van der Waals surface area contributed by atoms with Gasteiger partial charge in [-0.05, 0) is 0 Å². The fourth-order valence-corrected chi connectivity index (χ4v) is 11.4. The summed E-state index contributed by atoms with van der Waals surface area (Å²) in [6, 6.07) is 14.7. The summed E-state index contributed by atoms with van der Waals surface area (Å²) in [7, 11) is 0. The van der Waals surface area contributed by atoms with Gasteiger partial charge in [0, 0.05) is 0 Å². The second-order valence-corrected chi connectivity index (χ2v) is 17.0. The quantitative estimate of drug-likeness (QED) is 0.184. The average molecular weight is 589 g/mol. The van der Waals surface area contributed by atoms with E-state index in [2.05, 4.69) is 84.9 Å². The van der Waals surface area contributed by atoms with Gasteiger partial charge in [0.05, 0.1) is 0 Å². The van der Waals surface area contributed by atoms with Gasteiger partial charge in [0.1, 0.15) is 0 Å². The molecule has 0 aliphatic rings. The van der Waals surface area contributed by atoms with E-state index in [1.165, 1.54) is 47.5 Å². The Morgan fingerprint density at radius 3 is 2.06 bits per heavy atom. The molecule has 0 aliphatic heterocycles. The topological polar surface area (TPSA) is 0 Å². The molecule has 5 rings (SSSR count). The third-order valence-electron chi connectivity index (χ3n) is 6.02. The zero-order valence-electron chi connectivity index (χ0n) is 19.9. The van der Waals surface area contributed by atoms with Crippen molar-refractivity contribution in [1.29, 1.82) is 0 Å². The van der Waals surface area contributed by atoms with Gasteiger partial charge in [-0.1, -0.05) is 0 Å². The molecule has 0 unspecified atom stereocenters. The molecule has 0 saturated carbocycles. The molecular formula is C28H30S2Se2. The Balaban J connectivity index is 1.90. The summed E-state index contributed by atoms with van der Waals surface area (Å²) in [5.41, 5.74) is 3.32. The van der Waals surface area contributed by atoms with Gasteiger partial charge in [0.25, 0.3) is 0 Å². The summed E-state index contributed by atoms with van der Waals surface area (Å²) < 4.78 is 9.40. The van der Waals surface area contributed by atoms with Crippen molar-refractivity contribution in [2.75, 3.05) is 0 Å². The molecule has 0 aliphatic carbocycles.